The zero-order chi connectivity index (χ0) is 13.2. The predicted octanol–water partition coefficient (Wildman–Crippen LogP) is 2.80. The number of benzene rings is 1. The van der Waals surface area contributed by atoms with E-state index in [9.17, 15) is 12.8 Å². The molecule has 6 heteroatoms. The van der Waals surface area contributed by atoms with Gasteiger partial charge in [0.2, 0.25) is 10.0 Å². The Morgan fingerprint density at radius 3 is 2.35 bits per heavy atom. The molecule has 0 amide bonds. The first kappa shape index (κ1) is 14.4. The Bertz CT molecular complexity index is 502. The van der Waals surface area contributed by atoms with Gasteiger partial charge >= 0.3 is 0 Å². The number of hydrogen-bond donors (Lipinski definition) is 1. The summed E-state index contributed by atoms with van der Waals surface area (Å²) < 4.78 is 39.7. The predicted molar refractivity (Wildman–Crippen MR) is 66.0 cm³/mol. The topological polar surface area (TPSA) is 46.2 Å². The summed E-state index contributed by atoms with van der Waals surface area (Å²) in [5, 5.41) is 0.165. The number of halogens is 2. The van der Waals surface area contributed by atoms with Crippen molar-refractivity contribution >= 4 is 21.6 Å². The first-order valence-electron chi connectivity index (χ1n) is 5.21. The smallest absolute Gasteiger partial charge is 0.208 e. The van der Waals surface area contributed by atoms with Crippen molar-refractivity contribution in [1.82, 2.24) is 4.72 Å². The average Bonchev–Trinajstić information content (AvgIpc) is 2.15. The second-order valence-corrected chi connectivity index (χ2v) is 6.35. The second-order valence-electron chi connectivity index (χ2n) is 4.23. The molecule has 0 saturated carbocycles. The van der Waals surface area contributed by atoms with E-state index in [2.05, 4.69) is 4.72 Å². The third-order valence-corrected chi connectivity index (χ3v) is 4.35. The standard InChI is InChI=1S/C11H15ClFNO2S/c1-7(2)8(3)14-17(15,16)11-5-4-9(12)6-10(11)13/h4-8,14H,1-3H3/t8-/m1/s1. The summed E-state index contributed by atoms with van der Waals surface area (Å²) in [6.45, 7) is 5.49. The van der Waals surface area contributed by atoms with E-state index in [-0.39, 0.29) is 21.9 Å². The van der Waals surface area contributed by atoms with Crippen LogP contribution in [0.1, 0.15) is 20.8 Å². The van der Waals surface area contributed by atoms with Gasteiger partial charge in [-0.25, -0.2) is 17.5 Å². The van der Waals surface area contributed by atoms with Crippen LogP contribution in [0.25, 0.3) is 0 Å². The minimum atomic E-state index is -3.84. The molecule has 0 spiro atoms. The third kappa shape index (κ3) is 3.66. The number of rotatable bonds is 4. The lowest BCUT2D eigenvalue weighted by molar-refractivity contribution is 0.473. The highest BCUT2D eigenvalue weighted by Crippen LogP contribution is 2.19. The summed E-state index contributed by atoms with van der Waals surface area (Å²) in [7, 11) is -3.84. The van der Waals surface area contributed by atoms with E-state index in [0.29, 0.717) is 0 Å². The van der Waals surface area contributed by atoms with E-state index in [4.69, 9.17) is 11.6 Å². The van der Waals surface area contributed by atoms with E-state index < -0.39 is 15.8 Å². The summed E-state index contributed by atoms with van der Waals surface area (Å²) in [5.74, 6) is -0.721. The molecule has 96 valence electrons. The van der Waals surface area contributed by atoms with Crippen LogP contribution in [0.4, 0.5) is 4.39 Å². The molecule has 0 aromatic heterocycles. The lowest BCUT2D eigenvalue weighted by Crippen LogP contribution is -2.36. The fourth-order valence-corrected chi connectivity index (χ4v) is 2.75. The number of hydrogen-bond acceptors (Lipinski definition) is 2. The fourth-order valence-electron chi connectivity index (χ4n) is 1.14. The second kappa shape index (κ2) is 5.33. The maximum atomic E-state index is 13.5. The van der Waals surface area contributed by atoms with Gasteiger partial charge in [-0.2, -0.15) is 0 Å². The van der Waals surface area contributed by atoms with Gasteiger partial charge in [-0.1, -0.05) is 25.4 Å². The van der Waals surface area contributed by atoms with Crippen LogP contribution in [-0.4, -0.2) is 14.5 Å². The van der Waals surface area contributed by atoms with E-state index in [1.165, 1.54) is 6.07 Å². The first-order valence-corrected chi connectivity index (χ1v) is 7.07. The quantitative estimate of drug-likeness (QED) is 0.921. The van der Waals surface area contributed by atoms with Gasteiger partial charge in [0.1, 0.15) is 10.7 Å². The Balaban J connectivity index is 3.06. The van der Waals surface area contributed by atoms with Crippen LogP contribution in [0, 0.1) is 11.7 Å². The molecule has 0 radical (unpaired) electrons. The van der Waals surface area contributed by atoms with Crippen molar-refractivity contribution in [3.63, 3.8) is 0 Å². The molecule has 1 aromatic rings. The minimum absolute atomic E-state index is 0.125. The lowest BCUT2D eigenvalue weighted by atomic mass is 10.1. The molecule has 0 unspecified atom stereocenters. The molecule has 1 N–H and O–H groups in total. The van der Waals surface area contributed by atoms with Crippen molar-refractivity contribution in [1.29, 1.82) is 0 Å². The van der Waals surface area contributed by atoms with Crippen molar-refractivity contribution < 1.29 is 12.8 Å². The molecule has 0 fully saturated rings. The Hall–Kier alpha value is -0.650. The van der Waals surface area contributed by atoms with Crippen LogP contribution < -0.4 is 4.72 Å². The van der Waals surface area contributed by atoms with Crippen LogP contribution >= 0.6 is 11.6 Å². The van der Waals surface area contributed by atoms with Crippen molar-refractivity contribution in [2.45, 2.75) is 31.7 Å². The highest BCUT2D eigenvalue weighted by atomic mass is 35.5. The lowest BCUT2D eigenvalue weighted by Gasteiger charge is -2.17. The largest absolute Gasteiger partial charge is 0.243 e. The van der Waals surface area contributed by atoms with Gasteiger partial charge in [0.25, 0.3) is 0 Å². The average molecular weight is 280 g/mol. The molecule has 17 heavy (non-hydrogen) atoms. The molecule has 0 aliphatic heterocycles. The fraction of sp³-hybridized carbons (Fsp3) is 0.455. The van der Waals surface area contributed by atoms with E-state index in [0.717, 1.165) is 12.1 Å². The normalized spacial score (nSPS) is 14.0. The summed E-state index contributed by atoms with van der Waals surface area (Å²) in [6, 6.07) is 3.22. The Morgan fingerprint density at radius 2 is 1.88 bits per heavy atom. The summed E-state index contributed by atoms with van der Waals surface area (Å²) in [4.78, 5) is -0.380. The van der Waals surface area contributed by atoms with Crippen LogP contribution in [0.5, 0.6) is 0 Å². The molecule has 1 rings (SSSR count). The minimum Gasteiger partial charge on any atom is -0.208 e. The van der Waals surface area contributed by atoms with Crippen molar-refractivity contribution in [3.8, 4) is 0 Å². The highest BCUT2D eigenvalue weighted by molar-refractivity contribution is 7.89. The highest BCUT2D eigenvalue weighted by Gasteiger charge is 2.22. The van der Waals surface area contributed by atoms with Gasteiger partial charge in [0.05, 0.1) is 0 Å². The summed E-state index contributed by atoms with van der Waals surface area (Å²) in [5.41, 5.74) is 0. The van der Waals surface area contributed by atoms with Crippen LogP contribution in [-0.2, 0) is 10.0 Å². The molecule has 0 bridgehead atoms. The maximum absolute atomic E-state index is 13.5. The van der Waals surface area contributed by atoms with Crippen molar-refractivity contribution in [2.75, 3.05) is 0 Å². The molecular formula is C11H15ClFNO2S. The van der Waals surface area contributed by atoms with Gasteiger partial charge < -0.3 is 0 Å². The van der Waals surface area contributed by atoms with Crippen LogP contribution in [0.3, 0.4) is 0 Å². The maximum Gasteiger partial charge on any atom is 0.243 e. The number of nitrogens with one attached hydrogen (secondary N) is 1. The third-order valence-electron chi connectivity index (χ3n) is 2.52. The molecule has 3 nitrogen and oxygen atoms in total. The van der Waals surface area contributed by atoms with Gasteiger partial charge in [-0.05, 0) is 31.0 Å². The molecule has 0 aliphatic carbocycles. The molecule has 1 aromatic carbocycles. The zero-order valence-electron chi connectivity index (χ0n) is 9.87. The summed E-state index contributed by atoms with van der Waals surface area (Å²) >= 11 is 5.57. The van der Waals surface area contributed by atoms with Crippen LogP contribution in [0.15, 0.2) is 23.1 Å². The molecule has 0 saturated heterocycles. The van der Waals surface area contributed by atoms with E-state index >= 15 is 0 Å². The molecular weight excluding hydrogens is 265 g/mol. The Kier molecular flexibility index (Phi) is 4.52. The molecule has 1 atom stereocenters. The zero-order valence-corrected chi connectivity index (χ0v) is 11.4. The van der Waals surface area contributed by atoms with Gasteiger partial charge in [0, 0.05) is 11.1 Å². The molecule has 0 heterocycles. The van der Waals surface area contributed by atoms with Gasteiger partial charge in [-0.3, -0.25) is 0 Å². The van der Waals surface area contributed by atoms with Crippen LogP contribution in [0.2, 0.25) is 5.02 Å². The Labute approximate surface area is 106 Å². The van der Waals surface area contributed by atoms with Gasteiger partial charge in [-0.15, -0.1) is 0 Å². The van der Waals surface area contributed by atoms with E-state index in [1.807, 2.05) is 13.8 Å². The monoisotopic (exact) mass is 279 g/mol. The van der Waals surface area contributed by atoms with Crippen molar-refractivity contribution in [3.05, 3.63) is 29.0 Å². The first-order chi connectivity index (χ1) is 7.74. The van der Waals surface area contributed by atoms with Crippen molar-refractivity contribution in [2.24, 2.45) is 5.92 Å². The Morgan fingerprint density at radius 1 is 1.29 bits per heavy atom. The van der Waals surface area contributed by atoms with E-state index in [1.54, 1.807) is 6.92 Å². The summed E-state index contributed by atoms with van der Waals surface area (Å²) in [6.07, 6.45) is 0. The SMILES string of the molecule is CC(C)[C@@H](C)NS(=O)(=O)c1ccc(Cl)cc1F. The number of sulfonamides is 1. The van der Waals surface area contributed by atoms with Gasteiger partial charge in [0.15, 0.2) is 0 Å². The molecule has 0 aliphatic rings.